The number of rotatable bonds is 6. The first-order valence-corrected chi connectivity index (χ1v) is 10.7. The first kappa shape index (κ1) is 20.0. The summed E-state index contributed by atoms with van der Waals surface area (Å²) in [6.07, 6.45) is 2.01. The number of hydrogen-bond donors (Lipinski definition) is 0. The van der Waals surface area contributed by atoms with Gasteiger partial charge in [0.2, 0.25) is 5.91 Å². The summed E-state index contributed by atoms with van der Waals surface area (Å²) in [6.45, 7) is 4.11. The minimum Gasteiger partial charge on any atom is -0.460 e. The van der Waals surface area contributed by atoms with Crippen LogP contribution in [0.1, 0.15) is 25.5 Å². The molecule has 2 heterocycles. The molecule has 0 N–H and O–H groups in total. The van der Waals surface area contributed by atoms with E-state index in [-0.39, 0.29) is 17.8 Å². The summed E-state index contributed by atoms with van der Waals surface area (Å²) < 4.78 is 10.3. The lowest BCUT2D eigenvalue weighted by molar-refractivity contribution is -0.141. The van der Waals surface area contributed by atoms with E-state index < -0.39 is 12.0 Å². The van der Waals surface area contributed by atoms with Gasteiger partial charge in [-0.05, 0) is 37.8 Å². The van der Waals surface area contributed by atoms with Crippen LogP contribution in [-0.4, -0.2) is 53.8 Å². The molecule has 0 radical (unpaired) electrons. The maximum atomic E-state index is 12.8. The number of allylic oxidation sites excluding steroid dienone is 1. The predicted molar refractivity (Wildman–Crippen MR) is 108 cm³/mol. The van der Waals surface area contributed by atoms with Crippen LogP contribution in [0, 0.1) is 0 Å². The second kappa shape index (κ2) is 8.50. The van der Waals surface area contributed by atoms with Gasteiger partial charge in [-0.25, -0.2) is 9.79 Å². The van der Waals surface area contributed by atoms with E-state index in [0.29, 0.717) is 23.0 Å². The quantitative estimate of drug-likeness (QED) is 0.410. The van der Waals surface area contributed by atoms with Crippen molar-refractivity contribution in [2.24, 2.45) is 4.99 Å². The number of esters is 1. The van der Waals surface area contributed by atoms with Crippen molar-refractivity contribution in [2.45, 2.75) is 30.0 Å². The number of amidine groups is 1. The lowest BCUT2D eigenvalue weighted by Crippen LogP contribution is -2.40. The number of methoxy groups -OCH3 is 1. The Bertz CT molecular complexity index is 804. The highest BCUT2D eigenvalue weighted by Gasteiger charge is 2.46. The van der Waals surface area contributed by atoms with Crippen LogP contribution in [-0.2, 0) is 19.1 Å². The number of ether oxygens (including phenoxy) is 2. The number of carbonyl (C=O) groups is 2. The van der Waals surface area contributed by atoms with Crippen LogP contribution < -0.4 is 0 Å². The number of thioether (sulfide) groups is 2. The molecule has 2 atom stereocenters. The van der Waals surface area contributed by atoms with Gasteiger partial charge in [0.1, 0.15) is 6.61 Å². The Morgan fingerprint density at radius 3 is 2.63 bits per heavy atom. The Hall–Kier alpha value is -1.77. The van der Waals surface area contributed by atoms with Gasteiger partial charge in [-0.15, -0.1) is 11.8 Å². The zero-order valence-electron chi connectivity index (χ0n) is 15.7. The average molecular weight is 407 g/mol. The maximum absolute atomic E-state index is 12.8. The molecule has 1 aromatic rings. The van der Waals surface area contributed by atoms with Crippen molar-refractivity contribution >= 4 is 40.6 Å². The second-order valence-electron chi connectivity index (χ2n) is 6.17. The first-order valence-electron chi connectivity index (χ1n) is 8.57. The molecule has 144 valence electrons. The maximum Gasteiger partial charge on any atom is 0.338 e. The largest absolute Gasteiger partial charge is 0.460 e. The van der Waals surface area contributed by atoms with Crippen LogP contribution in [0.3, 0.4) is 0 Å². The van der Waals surface area contributed by atoms with Crippen molar-refractivity contribution in [3.63, 3.8) is 0 Å². The third-order valence-electron chi connectivity index (χ3n) is 4.43. The van der Waals surface area contributed by atoms with Gasteiger partial charge >= 0.3 is 5.97 Å². The van der Waals surface area contributed by atoms with E-state index in [9.17, 15) is 9.59 Å². The lowest BCUT2D eigenvalue weighted by Gasteiger charge is -2.33. The monoisotopic (exact) mass is 406 g/mol. The fourth-order valence-corrected chi connectivity index (χ4v) is 4.50. The Morgan fingerprint density at radius 1 is 1.30 bits per heavy atom. The summed E-state index contributed by atoms with van der Waals surface area (Å²) in [4.78, 5) is 32.9. The number of carbonyl (C=O) groups excluding carboxylic acids is 2. The summed E-state index contributed by atoms with van der Waals surface area (Å²) >= 11 is 3.06. The van der Waals surface area contributed by atoms with E-state index in [1.807, 2.05) is 37.4 Å². The predicted octanol–water partition coefficient (Wildman–Crippen LogP) is 3.25. The Morgan fingerprint density at radius 2 is 2.00 bits per heavy atom. The average Bonchev–Trinajstić information content (AvgIpc) is 2.94. The first-order chi connectivity index (χ1) is 13.0. The summed E-state index contributed by atoms with van der Waals surface area (Å²) in [7, 11) is 1.55. The molecule has 1 amide bonds. The Labute approximate surface area is 167 Å². The molecule has 0 aliphatic carbocycles. The van der Waals surface area contributed by atoms with Gasteiger partial charge in [-0.3, -0.25) is 9.69 Å². The summed E-state index contributed by atoms with van der Waals surface area (Å²) in [5, 5.41) is 0.408. The van der Waals surface area contributed by atoms with Crippen LogP contribution in [0.15, 0.2) is 45.4 Å². The van der Waals surface area contributed by atoms with E-state index in [1.165, 1.54) is 11.8 Å². The minimum atomic E-state index is -0.534. The number of benzene rings is 1. The highest BCUT2D eigenvalue weighted by Crippen LogP contribution is 2.43. The normalized spacial score (nSPS) is 22.0. The molecule has 0 spiro atoms. The van der Waals surface area contributed by atoms with Crippen LogP contribution in [0.2, 0.25) is 0 Å². The van der Waals surface area contributed by atoms with Gasteiger partial charge in [-0.1, -0.05) is 23.9 Å². The lowest BCUT2D eigenvalue weighted by atomic mass is 9.94. The van der Waals surface area contributed by atoms with Crippen LogP contribution >= 0.6 is 23.5 Å². The van der Waals surface area contributed by atoms with E-state index in [0.717, 1.165) is 10.5 Å². The van der Waals surface area contributed by atoms with Crippen molar-refractivity contribution in [2.75, 3.05) is 26.6 Å². The highest BCUT2D eigenvalue weighted by atomic mass is 32.2. The fourth-order valence-electron chi connectivity index (χ4n) is 3.06. The molecule has 2 unspecified atom stereocenters. The number of nitrogens with zero attached hydrogens (tertiary/aromatic N) is 2. The minimum absolute atomic E-state index is 0.0487. The highest BCUT2D eigenvalue weighted by molar-refractivity contribution is 8.15. The van der Waals surface area contributed by atoms with Gasteiger partial charge in [0, 0.05) is 12.0 Å². The van der Waals surface area contributed by atoms with Crippen molar-refractivity contribution < 1.29 is 19.1 Å². The van der Waals surface area contributed by atoms with Crippen LogP contribution in [0.4, 0.5) is 0 Å². The van der Waals surface area contributed by atoms with Gasteiger partial charge < -0.3 is 9.47 Å². The standard InChI is InChI=1S/C19H22N2O4S2/c1-11-15(18(23)25-10-9-24-3)16(13-5-7-14(26-4)8-6-13)21-17(22)12(2)27-19(21)20-11/h5-8,12,16H,9-10H2,1-4H3. The Kier molecular flexibility index (Phi) is 6.29. The van der Waals surface area contributed by atoms with Gasteiger partial charge in [-0.2, -0.15) is 0 Å². The topological polar surface area (TPSA) is 68.2 Å². The van der Waals surface area contributed by atoms with Gasteiger partial charge in [0.05, 0.1) is 29.2 Å². The molecule has 3 rings (SSSR count). The van der Waals surface area contributed by atoms with Gasteiger partial charge in [0.15, 0.2) is 5.17 Å². The molecule has 0 bridgehead atoms. The molecule has 2 aliphatic heterocycles. The summed E-state index contributed by atoms with van der Waals surface area (Å²) in [5.41, 5.74) is 1.84. The van der Waals surface area contributed by atoms with Crippen molar-refractivity contribution in [3.8, 4) is 0 Å². The smallest absolute Gasteiger partial charge is 0.338 e. The zero-order chi connectivity index (χ0) is 19.6. The molecule has 1 saturated heterocycles. The molecule has 0 saturated carbocycles. The van der Waals surface area contributed by atoms with Crippen LogP contribution in [0.25, 0.3) is 0 Å². The SMILES string of the molecule is COCCOC(=O)C1=C(C)N=C2SC(C)C(=O)N2C1c1ccc(SC)cc1. The summed E-state index contributed by atoms with van der Waals surface area (Å²) in [5.74, 6) is -0.518. The van der Waals surface area contributed by atoms with E-state index in [2.05, 4.69) is 4.99 Å². The molecule has 6 nitrogen and oxygen atoms in total. The van der Waals surface area contributed by atoms with Crippen molar-refractivity contribution in [1.82, 2.24) is 4.90 Å². The molecular formula is C19H22N2O4S2. The number of amides is 1. The van der Waals surface area contributed by atoms with Crippen molar-refractivity contribution in [3.05, 3.63) is 41.1 Å². The third kappa shape index (κ3) is 3.93. The second-order valence-corrected chi connectivity index (χ2v) is 8.35. The number of fused-ring (bicyclic) bond motifs is 1. The number of aliphatic imine (C=N–C) groups is 1. The van der Waals surface area contributed by atoms with E-state index in [1.54, 1.807) is 30.7 Å². The zero-order valence-corrected chi connectivity index (χ0v) is 17.4. The molecule has 8 heteroatoms. The molecular weight excluding hydrogens is 384 g/mol. The van der Waals surface area contributed by atoms with E-state index >= 15 is 0 Å². The molecule has 1 aromatic carbocycles. The molecule has 1 fully saturated rings. The fraction of sp³-hybridized carbons (Fsp3) is 0.421. The molecule has 2 aliphatic rings. The van der Waals surface area contributed by atoms with E-state index in [4.69, 9.17) is 9.47 Å². The van der Waals surface area contributed by atoms with Crippen molar-refractivity contribution in [1.29, 1.82) is 0 Å². The summed E-state index contributed by atoms with van der Waals surface area (Å²) in [6, 6.07) is 7.36. The van der Waals surface area contributed by atoms with Gasteiger partial charge in [0.25, 0.3) is 0 Å². The number of hydrogen-bond acceptors (Lipinski definition) is 7. The molecule has 27 heavy (non-hydrogen) atoms. The molecule has 0 aromatic heterocycles. The van der Waals surface area contributed by atoms with Crippen LogP contribution in [0.5, 0.6) is 0 Å². The Balaban J connectivity index is 2.03. The third-order valence-corrected chi connectivity index (χ3v) is 6.23.